The van der Waals surface area contributed by atoms with Crippen LogP contribution in [0.25, 0.3) is 0 Å². The van der Waals surface area contributed by atoms with Gasteiger partial charge in [-0.1, -0.05) is 18.2 Å². The van der Waals surface area contributed by atoms with E-state index in [-0.39, 0.29) is 0 Å². The smallest absolute Gasteiger partial charge is 0.163 e. The summed E-state index contributed by atoms with van der Waals surface area (Å²) in [6, 6.07) is 11.6. The van der Waals surface area contributed by atoms with Crippen LogP contribution < -0.4 is 18.9 Å². The summed E-state index contributed by atoms with van der Waals surface area (Å²) >= 11 is 0. The summed E-state index contributed by atoms with van der Waals surface area (Å²) in [7, 11) is 6.55. The molecule has 0 atom stereocenters. The third kappa shape index (κ3) is 4.58. The van der Waals surface area contributed by atoms with Gasteiger partial charge in [-0.05, 0) is 43.2 Å². The molecule has 0 amide bonds. The third-order valence-corrected chi connectivity index (χ3v) is 3.14. The molecule has 120 valence electrons. The second-order valence-corrected chi connectivity index (χ2v) is 4.67. The van der Waals surface area contributed by atoms with Gasteiger partial charge in [0.25, 0.3) is 0 Å². The van der Waals surface area contributed by atoms with Crippen LogP contribution in [0.4, 0.5) is 0 Å². The first kappa shape index (κ1) is 17.7. The Labute approximate surface area is 132 Å². The molecule has 0 aliphatic heterocycles. The third-order valence-electron chi connectivity index (χ3n) is 3.14. The predicted octanol–water partition coefficient (Wildman–Crippen LogP) is 4.02. The summed E-state index contributed by atoms with van der Waals surface area (Å²) in [5.74, 6) is 3.16. The van der Waals surface area contributed by atoms with Crippen molar-refractivity contribution in [1.29, 1.82) is 0 Å². The highest BCUT2D eigenvalue weighted by molar-refractivity contribution is 5.45. The van der Waals surface area contributed by atoms with Gasteiger partial charge in [-0.3, -0.25) is 0 Å². The number of aryl methyl sites for hydroxylation is 2. The van der Waals surface area contributed by atoms with Gasteiger partial charge in [-0.15, -0.1) is 0 Å². The van der Waals surface area contributed by atoms with Gasteiger partial charge in [0.1, 0.15) is 0 Å². The van der Waals surface area contributed by atoms with E-state index in [0.29, 0.717) is 0 Å². The molecular formula is C18H24O4. The van der Waals surface area contributed by atoms with Crippen LogP contribution in [0.5, 0.6) is 23.0 Å². The van der Waals surface area contributed by atoms with Crippen molar-refractivity contribution >= 4 is 0 Å². The van der Waals surface area contributed by atoms with Crippen LogP contribution in [-0.4, -0.2) is 28.4 Å². The molecule has 2 rings (SSSR count). The maximum atomic E-state index is 5.14. The van der Waals surface area contributed by atoms with E-state index in [1.165, 1.54) is 5.56 Å². The van der Waals surface area contributed by atoms with E-state index >= 15 is 0 Å². The molecule has 0 saturated carbocycles. The number of benzene rings is 2. The predicted molar refractivity (Wildman–Crippen MR) is 88.6 cm³/mol. The zero-order chi connectivity index (χ0) is 16.5. The van der Waals surface area contributed by atoms with Crippen LogP contribution in [0.15, 0.2) is 36.4 Å². The van der Waals surface area contributed by atoms with Crippen LogP contribution in [0, 0.1) is 13.8 Å². The summed E-state index contributed by atoms with van der Waals surface area (Å²) < 4.78 is 20.4. The Morgan fingerprint density at radius 2 is 1.27 bits per heavy atom. The number of methoxy groups -OCH3 is 4. The molecule has 2 aromatic rings. The van der Waals surface area contributed by atoms with Crippen molar-refractivity contribution in [3.63, 3.8) is 0 Å². The quantitative estimate of drug-likeness (QED) is 0.854. The van der Waals surface area contributed by atoms with Gasteiger partial charge in [-0.25, -0.2) is 0 Å². The van der Waals surface area contributed by atoms with Crippen LogP contribution >= 0.6 is 0 Å². The van der Waals surface area contributed by atoms with Gasteiger partial charge in [0.15, 0.2) is 23.0 Å². The lowest BCUT2D eigenvalue weighted by molar-refractivity contribution is 0.353. The molecular weight excluding hydrogens is 280 g/mol. The molecule has 0 aromatic heterocycles. The normalized spacial score (nSPS) is 9.36. The standard InChI is InChI=1S/2C9H12O2/c1-7-4-5-8(10-2)9(6-7)11-3;1-7-5-4-6-8(10-2)9(7)11-3/h2*4-6H,1-3H3. The van der Waals surface area contributed by atoms with E-state index in [4.69, 9.17) is 18.9 Å². The van der Waals surface area contributed by atoms with Crippen molar-refractivity contribution in [2.75, 3.05) is 28.4 Å². The highest BCUT2D eigenvalue weighted by atomic mass is 16.5. The van der Waals surface area contributed by atoms with E-state index < -0.39 is 0 Å². The molecule has 4 nitrogen and oxygen atoms in total. The Morgan fingerprint density at radius 3 is 1.77 bits per heavy atom. The first-order chi connectivity index (χ1) is 10.6. The van der Waals surface area contributed by atoms with Crippen molar-refractivity contribution in [2.45, 2.75) is 13.8 Å². The van der Waals surface area contributed by atoms with Crippen molar-refractivity contribution in [3.8, 4) is 23.0 Å². The Morgan fingerprint density at radius 1 is 0.636 bits per heavy atom. The zero-order valence-corrected chi connectivity index (χ0v) is 14.1. The molecule has 0 fully saturated rings. The van der Waals surface area contributed by atoms with Crippen LogP contribution in [-0.2, 0) is 0 Å². The average molecular weight is 304 g/mol. The summed E-state index contributed by atoms with van der Waals surface area (Å²) in [5, 5.41) is 0. The van der Waals surface area contributed by atoms with Gasteiger partial charge < -0.3 is 18.9 Å². The van der Waals surface area contributed by atoms with E-state index in [0.717, 1.165) is 28.6 Å². The van der Waals surface area contributed by atoms with E-state index in [1.54, 1.807) is 28.4 Å². The molecule has 0 aliphatic rings. The number of ether oxygens (including phenoxy) is 4. The second kappa shape index (κ2) is 8.82. The zero-order valence-electron chi connectivity index (χ0n) is 14.1. The molecule has 0 aliphatic carbocycles. The fourth-order valence-electron chi connectivity index (χ4n) is 1.99. The van der Waals surface area contributed by atoms with Crippen molar-refractivity contribution in [3.05, 3.63) is 47.5 Å². The second-order valence-electron chi connectivity index (χ2n) is 4.67. The highest BCUT2D eigenvalue weighted by Crippen LogP contribution is 2.29. The molecule has 0 radical (unpaired) electrons. The van der Waals surface area contributed by atoms with E-state index in [2.05, 4.69) is 0 Å². The van der Waals surface area contributed by atoms with Gasteiger partial charge in [0, 0.05) is 0 Å². The SMILES string of the molecule is COc1ccc(C)cc1OC.COc1cccc(C)c1OC. The average Bonchev–Trinajstić information content (AvgIpc) is 2.54. The first-order valence-electron chi connectivity index (χ1n) is 6.93. The molecule has 0 saturated heterocycles. The van der Waals surface area contributed by atoms with E-state index in [1.807, 2.05) is 50.2 Å². The van der Waals surface area contributed by atoms with Crippen LogP contribution in [0.1, 0.15) is 11.1 Å². The Bertz CT molecular complexity index is 592. The molecule has 0 heterocycles. The van der Waals surface area contributed by atoms with Crippen molar-refractivity contribution in [2.24, 2.45) is 0 Å². The highest BCUT2D eigenvalue weighted by Gasteiger charge is 2.03. The minimum atomic E-state index is 0.776. The lowest BCUT2D eigenvalue weighted by Crippen LogP contribution is -1.91. The van der Waals surface area contributed by atoms with Crippen LogP contribution in [0.2, 0.25) is 0 Å². The molecule has 2 aromatic carbocycles. The Kier molecular flexibility index (Phi) is 7.09. The number of hydrogen-bond acceptors (Lipinski definition) is 4. The number of hydrogen-bond donors (Lipinski definition) is 0. The van der Waals surface area contributed by atoms with Crippen LogP contribution in [0.3, 0.4) is 0 Å². The van der Waals surface area contributed by atoms with Gasteiger partial charge >= 0.3 is 0 Å². The molecule has 4 heteroatoms. The minimum Gasteiger partial charge on any atom is -0.493 e. The number of para-hydroxylation sites is 1. The lowest BCUT2D eigenvalue weighted by atomic mass is 10.2. The lowest BCUT2D eigenvalue weighted by Gasteiger charge is -2.08. The largest absolute Gasteiger partial charge is 0.493 e. The van der Waals surface area contributed by atoms with Gasteiger partial charge in [-0.2, -0.15) is 0 Å². The summed E-state index contributed by atoms with van der Waals surface area (Å²) in [4.78, 5) is 0. The van der Waals surface area contributed by atoms with Gasteiger partial charge in [0.2, 0.25) is 0 Å². The maximum Gasteiger partial charge on any atom is 0.163 e. The fourth-order valence-corrected chi connectivity index (χ4v) is 1.99. The topological polar surface area (TPSA) is 36.9 Å². The molecule has 0 unspecified atom stereocenters. The monoisotopic (exact) mass is 304 g/mol. The molecule has 0 N–H and O–H groups in total. The number of rotatable bonds is 4. The summed E-state index contributed by atoms with van der Waals surface area (Å²) in [5.41, 5.74) is 2.26. The van der Waals surface area contributed by atoms with Crippen molar-refractivity contribution < 1.29 is 18.9 Å². The summed E-state index contributed by atoms with van der Waals surface area (Å²) in [6.07, 6.45) is 0. The Balaban J connectivity index is 0.000000220. The first-order valence-corrected chi connectivity index (χ1v) is 6.93. The fraction of sp³-hybridized carbons (Fsp3) is 0.333. The maximum absolute atomic E-state index is 5.14. The molecule has 0 bridgehead atoms. The molecule has 0 spiro atoms. The minimum absolute atomic E-state index is 0.776. The van der Waals surface area contributed by atoms with Crippen molar-refractivity contribution in [1.82, 2.24) is 0 Å². The summed E-state index contributed by atoms with van der Waals surface area (Å²) in [6.45, 7) is 4.00. The van der Waals surface area contributed by atoms with Gasteiger partial charge in [0.05, 0.1) is 28.4 Å². The molecule has 22 heavy (non-hydrogen) atoms. The Hall–Kier alpha value is -2.36. The van der Waals surface area contributed by atoms with E-state index in [9.17, 15) is 0 Å².